The molecule has 0 atom stereocenters. The molecule has 0 amide bonds. The fraction of sp³-hybridized carbons (Fsp3) is 0.533. The Morgan fingerprint density at radius 2 is 2.05 bits per heavy atom. The Balaban J connectivity index is 1.55. The van der Waals surface area contributed by atoms with Crippen LogP contribution in [0.5, 0.6) is 0 Å². The fourth-order valence-electron chi connectivity index (χ4n) is 2.39. The zero-order chi connectivity index (χ0) is 15.4. The van der Waals surface area contributed by atoms with Crippen molar-refractivity contribution in [2.24, 2.45) is 0 Å². The van der Waals surface area contributed by atoms with E-state index >= 15 is 0 Å². The maximum Gasteiger partial charge on any atom is 0.202 e. The molecule has 1 fully saturated rings. The van der Waals surface area contributed by atoms with Crippen LogP contribution in [0.2, 0.25) is 0 Å². The fourth-order valence-corrected chi connectivity index (χ4v) is 3.04. The molecule has 0 aliphatic carbocycles. The monoisotopic (exact) mass is 318 g/mol. The predicted octanol–water partition coefficient (Wildman–Crippen LogP) is 1.86. The van der Waals surface area contributed by atoms with Crippen molar-refractivity contribution in [3.05, 3.63) is 29.7 Å². The molecule has 0 unspecified atom stereocenters. The largest absolute Gasteiger partial charge is 0.356 e. The van der Waals surface area contributed by atoms with Gasteiger partial charge in [-0.1, -0.05) is 13.0 Å². The van der Waals surface area contributed by atoms with E-state index < -0.39 is 0 Å². The van der Waals surface area contributed by atoms with Gasteiger partial charge in [-0.15, -0.1) is 0 Å². The van der Waals surface area contributed by atoms with Gasteiger partial charge in [0, 0.05) is 56.9 Å². The van der Waals surface area contributed by atoms with Crippen LogP contribution in [0.3, 0.4) is 0 Å². The van der Waals surface area contributed by atoms with Crippen LogP contribution in [0.25, 0.3) is 0 Å². The molecule has 0 radical (unpaired) electrons. The zero-order valence-corrected chi connectivity index (χ0v) is 13.9. The maximum absolute atomic E-state index is 4.60. The van der Waals surface area contributed by atoms with Gasteiger partial charge in [0.1, 0.15) is 11.6 Å². The van der Waals surface area contributed by atoms with E-state index in [1.165, 1.54) is 11.5 Å². The third-order valence-corrected chi connectivity index (χ3v) is 4.58. The van der Waals surface area contributed by atoms with E-state index in [9.17, 15) is 0 Å². The zero-order valence-electron chi connectivity index (χ0n) is 13.1. The van der Waals surface area contributed by atoms with Crippen molar-refractivity contribution in [3.63, 3.8) is 0 Å². The van der Waals surface area contributed by atoms with Crippen molar-refractivity contribution >= 4 is 22.5 Å². The molecule has 0 aromatic carbocycles. The van der Waals surface area contributed by atoms with Crippen molar-refractivity contribution in [1.82, 2.24) is 19.2 Å². The summed E-state index contributed by atoms with van der Waals surface area (Å²) < 4.78 is 4.27. The van der Waals surface area contributed by atoms with Gasteiger partial charge in [-0.2, -0.15) is 4.37 Å². The minimum Gasteiger partial charge on any atom is -0.356 e. The van der Waals surface area contributed by atoms with E-state index in [-0.39, 0.29) is 0 Å². The Kier molecular flexibility index (Phi) is 4.84. The summed E-state index contributed by atoms with van der Waals surface area (Å²) in [4.78, 5) is 13.7. The minimum absolute atomic E-state index is 0.731. The first kappa shape index (κ1) is 15.2. The SMILES string of the molecule is CCc1nsc(NCc2ccc(N3CCN(C)CC3)nc2)n1. The first-order valence-electron chi connectivity index (χ1n) is 7.69. The molecular formula is C15H22N6S. The molecule has 3 rings (SSSR count). The molecule has 6 nitrogen and oxygen atoms in total. The molecule has 2 aromatic heterocycles. The van der Waals surface area contributed by atoms with Crippen LogP contribution in [0, 0.1) is 0 Å². The average Bonchev–Trinajstić information content (AvgIpc) is 3.02. The number of hydrogen-bond acceptors (Lipinski definition) is 7. The molecule has 7 heteroatoms. The highest BCUT2D eigenvalue weighted by molar-refractivity contribution is 7.09. The molecule has 118 valence electrons. The second-order valence-corrected chi connectivity index (χ2v) is 6.29. The van der Waals surface area contributed by atoms with E-state index in [0.717, 1.165) is 61.5 Å². The van der Waals surface area contributed by atoms with E-state index in [1.54, 1.807) is 0 Å². The topological polar surface area (TPSA) is 57.2 Å². The molecule has 22 heavy (non-hydrogen) atoms. The lowest BCUT2D eigenvalue weighted by Crippen LogP contribution is -2.44. The number of aryl methyl sites for hydroxylation is 1. The second-order valence-electron chi connectivity index (χ2n) is 5.54. The van der Waals surface area contributed by atoms with E-state index in [4.69, 9.17) is 0 Å². The number of rotatable bonds is 5. The number of hydrogen-bond donors (Lipinski definition) is 1. The van der Waals surface area contributed by atoms with Crippen molar-refractivity contribution in [2.45, 2.75) is 19.9 Å². The van der Waals surface area contributed by atoms with Gasteiger partial charge in [-0.25, -0.2) is 9.97 Å². The molecule has 2 aromatic rings. The lowest BCUT2D eigenvalue weighted by molar-refractivity contribution is 0.312. The third-order valence-electron chi connectivity index (χ3n) is 3.86. The van der Waals surface area contributed by atoms with E-state index in [0.29, 0.717) is 0 Å². The first-order valence-corrected chi connectivity index (χ1v) is 8.47. The number of nitrogens with zero attached hydrogens (tertiary/aromatic N) is 5. The smallest absolute Gasteiger partial charge is 0.202 e. The van der Waals surface area contributed by atoms with Crippen LogP contribution in [0.15, 0.2) is 18.3 Å². The number of piperazine rings is 1. The molecule has 1 aliphatic heterocycles. The van der Waals surface area contributed by atoms with Crippen LogP contribution < -0.4 is 10.2 Å². The number of nitrogens with one attached hydrogen (secondary N) is 1. The third kappa shape index (κ3) is 3.72. The van der Waals surface area contributed by atoms with Gasteiger partial charge in [0.15, 0.2) is 0 Å². The molecule has 0 saturated carbocycles. The lowest BCUT2D eigenvalue weighted by Gasteiger charge is -2.33. The summed E-state index contributed by atoms with van der Waals surface area (Å²) in [6.45, 7) is 7.09. The van der Waals surface area contributed by atoms with Crippen LogP contribution in [-0.2, 0) is 13.0 Å². The maximum atomic E-state index is 4.60. The Morgan fingerprint density at radius 1 is 1.23 bits per heavy atom. The lowest BCUT2D eigenvalue weighted by atomic mass is 10.2. The average molecular weight is 318 g/mol. The summed E-state index contributed by atoms with van der Waals surface area (Å²) in [5.74, 6) is 1.97. The second kappa shape index (κ2) is 7.02. The van der Waals surface area contributed by atoms with Crippen LogP contribution >= 0.6 is 11.5 Å². The van der Waals surface area contributed by atoms with Crippen molar-refractivity contribution in [2.75, 3.05) is 43.4 Å². The first-order chi connectivity index (χ1) is 10.7. The minimum atomic E-state index is 0.731. The molecule has 3 heterocycles. The Labute approximate surface area is 135 Å². The van der Waals surface area contributed by atoms with Gasteiger partial charge in [-0.3, -0.25) is 0 Å². The van der Waals surface area contributed by atoms with Gasteiger partial charge in [0.25, 0.3) is 0 Å². The summed E-state index contributed by atoms with van der Waals surface area (Å²) in [5.41, 5.74) is 1.16. The molecule has 1 N–H and O–H groups in total. The summed E-state index contributed by atoms with van der Waals surface area (Å²) in [6, 6.07) is 4.25. The summed E-state index contributed by atoms with van der Waals surface area (Å²) in [5, 5.41) is 4.18. The predicted molar refractivity (Wildman–Crippen MR) is 90.6 cm³/mol. The Morgan fingerprint density at radius 3 is 2.68 bits per heavy atom. The van der Waals surface area contributed by atoms with Crippen LogP contribution in [-0.4, -0.2) is 52.5 Å². The van der Waals surface area contributed by atoms with E-state index in [2.05, 4.69) is 55.6 Å². The van der Waals surface area contributed by atoms with Crippen molar-refractivity contribution in [3.8, 4) is 0 Å². The van der Waals surface area contributed by atoms with Gasteiger partial charge in [-0.05, 0) is 18.7 Å². The summed E-state index contributed by atoms with van der Waals surface area (Å²) >= 11 is 1.41. The van der Waals surface area contributed by atoms with Gasteiger partial charge < -0.3 is 15.1 Å². The highest BCUT2D eigenvalue weighted by Crippen LogP contribution is 2.16. The number of anilines is 2. The molecule has 0 spiro atoms. The van der Waals surface area contributed by atoms with Gasteiger partial charge in [0.05, 0.1) is 0 Å². The van der Waals surface area contributed by atoms with Crippen LogP contribution in [0.1, 0.15) is 18.3 Å². The Bertz CT molecular complexity index is 588. The Hall–Kier alpha value is -1.73. The quantitative estimate of drug-likeness (QED) is 0.908. The van der Waals surface area contributed by atoms with Crippen LogP contribution in [0.4, 0.5) is 10.9 Å². The van der Waals surface area contributed by atoms with Crippen molar-refractivity contribution in [1.29, 1.82) is 0 Å². The van der Waals surface area contributed by atoms with E-state index in [1.807, 2.05) is 6.20 Å². The molecule has 0 bridgehead atoms. The number of likely N-dealkylation sites (N-methyl/N-ethyl adjacent to an activating group) is 1. The molecule has 1 aliphatic rings. The van der Waals surface area contributed by atoms with Gasteiger partial charge >= 0.3 is 0 Å². The summed E-state index contributed by atoms with van der Waals surface area (Å²) in [7, 11) is 2.16. The summed E-state index contributed by atoms with van der Waals surface area (Å²) in [6.07, 6.45) is 2.82. The molecular weight excluding hydrogens is 296 g/mol. The number of pyridine rings is 1. The van der Waals surface area contributed by atoms with Gasteiger partial charge in [0.2, 0.25) is 5.13 Å². The van der Waals surface area contributed by atoms with Crippen molar-refractivity contribution < 1.29 is 0 Å². The normalized spacial score (nSPS) is 16.0. The highest BCUT2D eigenvalue weighted by Gasteiger charge is 2.14. The standard InChI is InChI=1S/C15H22N6S/c1-3-13-18-15(22-19-13)17-11-12-4-5-14(16-10-12)21-8-6-20(2)7-9-21/h4-5,10H,3,6-9,11H2,1-2H3,(H,17,18,19). The molecule has 1 saturated heterocycles. The number of aromatic nitrogens is 3. The highest BCUT2D eigenvalue weighted by atomic mass is 32.1.